The third-order valence-corrected chi connectivity index (χ3v) is 4.46. The summed E-state index contributed by atoms with van der Waals surface area (Å²) in [5, 5.41) is 4.37. The average molecular weight is 275 g/mol. The molecule has 0 spiro atoms. The van der Waals surface area contributed by atoms with E-state index in [0.717, 1.165) is 10.1 Å². The first kappa shape index (κ1) is 11.4. The van der Waals surface area contributed by atoms with Crippen LogP contribution in [0, 0.1) is 0 Å². The second-order valence-electron chi connectivity index (χ2n) is 3.64. The zero-order valence-electron chi connectivity index (χ0n) is 9.31. The summed E-state index contributed by atoms with van der Waals surface area (Å²) in [5.41, 5.74) is 1.03. The summed E-state index contributed by atoms with van der Waals surface area (Å²) in [7, 11) is 0. The van der Waals surface area contributed by atoms with E-state index in [1.165, 1.54) is 23.0 Å². The third-order valence-electron chi connectivity index (χ3n) is 2.33. The summed E-state index contributed by atoms with van der Waals surface area (Å²) >= 11 is 3.08. The highest BCUT2D eigenvalue weighted by atomic mass is 32.2. The lowest BCUT2D eigenvalue weighted by Gasteiger charge is -1.96. The first-order chi connectivity index (χ1) is 8.81. The van der Waals surface area contributed by atoms with Gasteiger partial charge in [-0.05, 0) is 5.56 Å². The molecule has 3 rings (SSSR count). The van der Waals surface area contributed by atoms with E-state index in [1.807, 2.05) is 18.2 Å². The molecule has 0 aliphatic carbocycles. The molecule has 18 heavy (non-hydrogen) atoms. The van der Waals surface area contributed by atoms with Crippen LogP contribution in [0.2, 0.25) is 0 Å². The van der Waals surface area contributed by atoms with Gasteiger partial charge in [-0.1, -0.05) is 53.4 Å². The van der Waals surface area contributed by atoms with Crippen LogP contribution in [0.3, 0.4) is 0 Å². The number of thioether (sulfide) groups is 1. The van der Waals surface area contributed by atoms with Crippen LogP contribution >= 0.6 is 23.1 Å². The maximum absolute atomic E-state index is 11.1. The fourth-order valence-electron chi connectivity index (χ4n) is 1.49. The Labute approximate surface area is 111 Å². The van der Waals surface area contributed by atoms with E-state index in [9.17, 15) is 4.79 Å². The fraction of sp³-hybridized carbons (Fsp3) is 0.0833. The van der Waals surface area contributed by atoms with E-state index < -0.39 is 0 Å². The standard InChI is InChI=1S/C12H9N3OS2/c16-10-6-7-15-11(13-10)18-12(14-15)17-8-9-4-2-1-3-5-9/h1-7H,8H2. The molecular formula is C12H9N3OS2. The van der Waals surface area contributed by atoms with E-state index in [0.29, 0.717) is 4.96 Å². The highest BCUT2D eigenvalue weighted by Crippen LogP contribution is 2.26. The van der Waals surface area contributed by atoms with Gasteiger partial charge in [-0.3, -0.25) is 4.79 Å². The van der Waals surface area contributed by atoms with Crippen LogP contribution in [0.25, 0.3) is 4.96 Å². The maximum Gasteiger partial charge on any atom is 0.273 e. The molecule has 2 heterocycles. The summed E-state index contributed by atoms with van der Waals surface area (Å²) in [6.45, 7) is 0. The van der Waals surface area contributed by atoms with Crippen molar-refractivity contribution in [2.45, 2.75) is 10.1 Å². The van der Waals surface area contributed by atoms with Crippen molar-refractivity contribution in [2.75, 3.05) is 0 Å². The third kappa shape index (κ3) is 2.44. The van der Waals surface area contributed by atoms with E-state index in [4.69, 9.17) is 0 Å². The number of nitrogens with zero attached hydrogens (tertiary/aromatic N) is 3. The van der Waals surface area contributed by atoms with Gasteiger partial charge in [0, 0.05) is 18.0 Å². The lowest BCUT2D eigenvalue weighted by molar-refractivity contribution is 0.885. The Bertz CT molecular complexity index is 721. The SMILES string of the molecule is O=c1ccn2nc(SCc3ccccc3)sc2n1. The minimum atomic E-state index is -0.224. The molecule has 4 nitrogen and oxygen atoms in total. The van der Waals surface area contributed by atoms with Gasteiger partial charge in [-0.2, -0.15) is 4.98 Å². The van der Waals surface area contributed by atoms with Crippen molar-refractivity contribution in [3.63, 3.8) is 0 Å². The minimum absolute atomic E-state index is 0.224. The van der Waals surface area contributed by atoms with Gasteiger partial charge in [0.05, 0.1) is 0 Å². The maximum atomic E-state index is 11.1. The van der Waals surface area contributed by atoms with E-state index in [1.54, 1.807) is 22.5 Å². The van der Waals surface area contributed by atoms with E-state index >= 15 is 0 Å². The first-order valence-corrected chi connectivity index (χ1v) is 7.15. The van der Waals surface area contributed by atoms with E-state index in [2.05, 4.69) is 22.2 Å². The van der Waals surface area contributed by atoms with Crippen molar-refractivity contribution in [1.29, 1.82) is 0 Å². The highest BCUT2D eigenvalue weighted by Gasteiger charge is 2.05. The van der Waals surface area contributed by atoms with Crippen LogP contribution in [0.15, 0.2) is 51.7 Å². The number of rotatable bonds is 3. The molecule has 0 aliphatic rings. The zero-order valence-corrected chi connectivity index (χ0v) is 10.9. The van der Waals surface area contributed by atoms with Crippen molar-refractivity contribution >= 4 is 28.1 Å². The highest BCUT2D eigenvalue weighted by molar-refractivity contribution is 8.00. The van der Waals surface area contributed by atoms with Crippen molar-refractivity contribution in [2.24, 2.45) is 0 Å². The Hall–Kier alpha value is -1.66. The molecule has 0 amide bonds. The molecule has 90 valence electrons. The summed E-state index contributed by atoms with van der Waals surface area (Å²) < 4.78 is 2.55. The van der Waals surface area contributed by atoms with Crippen molar-refractivity contribution in [3.8, 4) is 0 Å². The molecule has 3 aromatic rings. The van der Waals surface area contributed by atoms with Gasteiger partial charge in [0.25, 0.3) is 5.56 Å². The predicted molar refractivity (Wildman–Crippen MR) is 73.1 cm³/mol. The molecule has 0 N–H and O–H groups in total. The van der Waals surface area contributed by atoms with Gasteiger partial charge < -0.3 is 0 Å². The largest absolute Gasteiger partial charge is 0.273 e. The summed E-state index contributed by atoms with van der Waals surface area (Å²) in [5.74, 6) is 0.867. The molecule has 0 bridgehead atoms. The Morgan fingerprint density at radius 1 is 1.22 bits per heavy atom. The molecule has 1 aromatic carbocycles. The van der Waals surface area contributed by atoms with Crippen LogP contribution in [0.5, 0.6) is 0 Å². The Morgan fingerprint density at radius 3 is 2.89 bits per heavy atom. The smallest absolute Gasteiger partial charge is 0.267 e. The Balaban J connectivity index is 1.81. The van der Waals surface area contributed by atoms with Gasteiger partial charge in [0.1, 0.15) is 0 Å². The molecule has 2 aromatic heterocycles. The number of fused-ring (bicyclic) bond motifs is 1. The van der Waals surface area contributed by atoms with E-state index in [-0.39, 0.29) is 5.56 Å². The fourth-order valence-corrected chi connectivity index (χ4v) is 3.37. The monoisotopic (exact) mass is 275 g/mol. The number of aromatic nitrogens is 3. The lowest BCUT2D eigenvalue weighted by atomic mass is 10.2. The van der Waals surface area contributed by atoms with Crippen LogP contribution in [0.4, 0.5) is 0 Å². The zero-order chi connectivity index (χ0) is 12.4. The normalized spacial score (nSPS) is 10.9. The summed E-state index contributed by atoms with van der Waals surface area (Å²) in [6.07, 6.45) is 1.65. The predicted octanol–water partition coefficient (Wildman–Crippen LogP) is 2.44. The number of hydrogen-bond donors (Lipinski definition) is 0. The molecule has 0 radical (unpaired) electrons. The average Bonchev–Trinajstić information content (AvgIpc) is 2.79. The number of benzene rings is 1. The lowest BCUT2D eigenvalue weighted by Crippen LogP contribution is -2.04. The van der Waals surface area contributed by atoms with Gasteiger partial charge in [-0.15, -0.1) is 5.10 Å². The second kappa shape index (κ2) is 4.91. The van der Waals surface area contributed by atoms with Crippen molar-refractivity contribution < 1.29 is 0 Å². The molecular weight excluding hydrogens is 266 g/mol. The number of hydrogen-bond acceptors (Lipinski definition) is 5. The molecule has 0 fully saturated rings. The van der Waals surface area contributed by atoms with Crippen molar-refractivity contribution in [1.82, 2.24) is 14.6 Å². The molecule has 0 saturated carbocycles. The molecule has 0 unspecified atom stereocenters. The summed E-state index contributed by atoms with van der Waals surface area (Å²) in [4.78, 5) is 15.7. The first-order valence-electron chi connectivity index (χ1n) is 5.34. The minimum Gasteiger partial charge on any atom is -0.267 e. The Morgan fingerprint density at radius 2 is 2.06 bits per heavy atom. The Kier molecular flexibility index (Phi) is 3.12. The van der Waals surface area contributed by atoms with Crippen LogP contribution in [0.1, 0.15) is 5.56 Å². The molecule has 6 heteroatoms. The van der Waals surface area contributed by atoms with Crippen LogP contribution in [-0.4, -0.2) is 14.6 Å². The topological polar surface area (TPSA) is 47.3 Å². The van der Waals surface area contributed by atoms with Gasteiger partial charge in [0.2, 0.25) is 4.96 Å². The second-order valence-corrected chi connectivity index (χ2v) is 5.81. The quantitative estimate of drug-likeness (QED) is 0.689. The van der Waals surface area contributed by atoms with Crippen LogP contribution in [-0.2, 0) is 5.75 Å². The van der Waals surface area contributed by atoms with Crippen molar-refractivity contribution in [3.05, 3.63) is 58.5 Å². The summed E-state index contributed by atoms with van der Waals surface area (Å²) in [6, 6.07) is 11.6. The molecule has 0 saturated heterocycles. The van der Waals surface area contributed by atoms with Gasteiger partial charge >= 0.3 is 0 Å². The molecule has 0 atom stereocenters. The van der Waals surface area contributed by atoms with Gasteiger partial charge in [0.15, 0.2) is 4.34 Å². The van der Waals surface area contributed by atoms with Crippen LogP contribution < -0.4 is 5.56 Å². The molecule has 0 aliphatic heterocycles. The van der Waals surface area contributed by atoms with Gasteiger partial charge in [-0.25, -0.2) is 4.52 Å².